The zero-order valence-electron chi connectivity index (χ0n) is 7.86. The van der Waals surface area contributed by atoms with Crippen LogP contribution in [0.5, 0.6) is 5.88 Å². The van der Waals surface area contributed by atoms with Crippen molar-refractivity contribution in [1.82, 2.24) is 4.98 Å². The van der Waals surface area contributed by atoms with Crippen LogP contribution in [-0.4, -0.2) is 10.1 Å². The highest BCUT2D eigenvalue weighted by molar-refractivity contribution is 5.22. The minimum Gasteiger partial charge on any atom is -0.495 e. The van der Waals surface area contributed by atoms with Crippen LogP contribution in [0.4, 0.5) is 0 Å². The van der Waals surface area contributed by atoms with E-state index in [0.717, 1.165) is 12.0 Å². The lowest BCUT2D eigenvalue weighted by molar-refractivity contribution is 0.449. The zero-order chi connectivity index (χ0) is 10.1. The molecule has 1 fully saturated rings. The molecule has 1 aliphatic carbocycles. The van der Waals surface area contributed by atoms with Crippen molar-refractivity contribution in [3.8, 4) is 5.88 Å². The average molecular weight is 194 g/mol. The number of aromatic nitrogens is 1. The highest BCUT2D eigenvalue weighted by atomic mass is 16.3. The van der Waals surface area contributed by atoms with Crippen LogP contribution in [0.25, 0.3) is 0 Å². The number of pyridine rings is 1. The van der Waals surface area contributed by atoms with E-state index in [2.05, 4.69) is 4.98 Å². The summed E-state index contributed by atoms with van der Waals surface area (Å²) in [6.07, 6.45) is 3.38. The van der Waals surface area contributed by atoms with Gasteiger partial charge in [-0.15, -0.1) is 0 Å². The first-order valence-corrected chi connectivity index (χ1v) is 4.84. The summed E-state index contributed by atoms with van der Waals surface area (Å²) in [5.41, 5.74) is 6.33. The summed E-state index contributed by atoms with van der Waals surface area (Å²) in [4.78, 5) is 13.3. The maximum Gasteiger partial charge on any atom is 0.250 e. The highest BCUT2D eigenvalue weighted by Gasteiger charge is 2.24. The molecule has 1 aliphatic rings. The Bertz CT molecular complexity index is 382. The molecule has 0 spiro atoms. The highest BCUT2D eigenvalue weighted by Crippen LogP contribution is 2.36. The van der Waals surface area contributed by atoms with E-state index in [1.54, 1.807) is 0 Å². The molecule has 4 heteroatoms. The van der Waals surface area contributed by atoms with E-state index in [-0.39, 0.29) is 17.5 Å². The summed E-state index contributed by atoms with van der Waals surface area (Å²) in [6.45, 7) is 0. The zero-order valence-corrected chi connectivity index (χ0v) is 7.86. The van der Waals surface area contributed by atoms with E-state index in [0.29, 0.717) is 5.92 Å². The molecule has 1 saturated carbocycles. The van der Waals surface area contributed by atoms with Crippen LogP contribution in [-0.2, 0) is 0 Å². The van der Waals surface area contributed by atoms with Crippen molar-refractivity contribution in [1.29, 1.82) is 0 Å². The number of H-pyrrole nitrogens is 1. The van der Waals surface area contributed by atoms with Gasteiger partial charge in [0.1, 0.15) is 0 Å². The van der Waals surface area contributed by atoms with Crippen LogP contribution >= 0.6 is 0 Å². The number of rotatable bonds is 3. The summed E-state index contributed by atoms with van der Waals surface area (Å²) in [6, 6.07) is 2.84. The van der Waals surface area contributed by atoms with Gasteiger partial charge in [-0.1, -0.05) is 12.8 Å². The summed E-state index contributed by atoms with van der Waals surface area (Å²) in [5.74, 6) is 0.602. The van der Waals surface area contributed by atoms with Crippen molar-refractivity contribution in [2.24, 2.45) is 11.7 Å². The number of aromatic hydroxyl groups is 1. The molecule has 0 aliphatic heterocycles. The Morgan fingerprint density at radius 1 is 1.57 bits per heavy atom. The number of hydrogen-bond donors (Lipinski definition) is 3. The SMILES string of the molecule is N[C@H](CC1CC1)c1cc(O)[nH]c(=O)c1. The molecule has 14 heavy (non-hydrogen) atoms. The lowest BCUT2D eigenvalue weighted by atomic mass is 10.0. The second-order valence-electron chi connectivity index (χ2n) is 3.95. The Hall–Kier alpha value is -1.29. The van der Waals surface area contributed by atoms with Gasteiger partial charge in [-0.25, -0.2) is 0 Å². The number of aromatic amines is 1. The van der Waals surface area contributed by atoms with Gasteiger partial charge in [0.25, 0.3) is 5.56 Å². The number of hydrogen-bond acceptors (Lipinski definition) is 3. The van der Waals surface area contributed by atoms with Crippen molar-refractivity contribution in [3.05, 3.63) is 28.0 Å². The van der Waals surface area contributed by atoms with Crippen LogP contribution in [0, 0.1) is 5.92 Å². The Kier molecular flexibility index (Phi) is 2.29. The quantitative estimate of drug-likeness (QED) is 0.668. The minimum atomic E-state index is -0.300. The van der Waals surface area contributed by atoms with E-state index in [4.69, 9.17) is 5.73 Å². The molecule has 0 bridgehead atoms. The maximum absolute atomic E-state index is 11.0. The summed E-state index contributed by atoms with van der Waals surface area (Å²) in [5, 5.41) is 9.18. The molecule has 1 heterocycles. The molecular formula is C10H14N2O2. The topological polar surface area (TPSA) is 79.1 Å². The van der Waals surface area contributed by atoms with Crippen LogP contribution < -0.4 is 11.3 Å². The monoisotopic (exact) mass is 194 g/mol. The van der Waals surface area contributed by atoms with Gasteiger partial charge < -0.3 is 10.8 Å². The predicted octanol–water partition coefficient (Wildman–Crippen LogP) is 0.880. The van der Waals surface area contributed by atoms with E-state index in [1.165, 1.54) is 25.0 Å². The normalized spacial score (nSPS) is 18.1. The number of nitrogens with two attached hydrogens (primary N) is 1. The van der Waals surface area contributed by atoms with E-state index in [1.807, 2.05) is 0 Å². The third kappa shape index (κ3) is 2.14. The van der Waals surface area contributed by atoms with E-state index in [9.17, 15) is 9.90 Å². The molecule has 1 aromatic heterocycles. The maximum atomic E-state index is 11.0. The van der Waals surface area contributed by atoms with Crippen molar-refractivity contribution in [2.45, 2.75) is 25.3 Å². The summed E-state index contributed by atoms with van der Waals surface area (Å²) >= 11 is 0. The molecule has 4 N–H and O–H groups in total. The van der Waals surface area contributed by atoms with Gasteiger partial charge in [0.05, 0.1) is 0 Å². The molecule has 0 amide bonds. The van der Waals surface area contributed by atoms with Crippen LogP contribution in [0.3, 0.4) is 0 Å². The van der Waals surface area contributed by atoms with Gasteiger partial charge in [0, 0.05) is 18.2 Å². The van der Waals surface area contributed by atoms with Gasteiger partial charge in [0.2, 0.25) is 0 Å². The molecule has 0 unspecified atom stereocenters. The predicted molar refractivity (Wildman–Crippen MR) is 53.0 cm³/mol. The van der Waals surface area contributed by atoms with Crippen molar-refractivity contribution < 1.29 is 5.11 Å². The van der Waals surface area contributed by atoms with Crippen LogP contribution in [0.2, 0.25) is 0 Å². The second-order valence-corrected chi connectivity index (χ2v) is 3.95. The lowest BCUT2D eigenvalue weighted by Crippen LogP contribution is -2.15. The Morgan fingerprint density at radius 2 is 2.29 bits per heavy atom. The van der Waals surface area contributed by atoms with Crippen molar-refractivity contribution >= 4 is 0 Å². The Morgan fingerprint density at radius 3 is 2.86 bits per heavy atom. The molecule has 0 saturated heterocycles. The molecule has 76 valence electrons. The van der Waals surface area contributed by atoms with Crippen LogP contribution in [0.1, 0.15) is 30.9 Å². The van der Waals surface area contributed by atoms with Gasteiger partial charge >= 0.3 is 0 Å². The standard InChI is InChI=1S/C10H14N2O2/c11-8(3-6-1-2-6)7-4-9(13)12-10(14)5-7/h4-6,8H,1-3,11H2,(H2,12,13,14)/t8-/m1/s1. The molecule has 0 aromatic carbocycles. The fraction of sp³-hybridized carbons (Fsp3) is 0.500. The third-order valence-electron chi connectivity index (χ3n) is 2.56. The van der Waals surface area contributed by atoms with E-state index < -0.39 is 0 Å². The average Bonchev–Trinajstić information content (AvgIpc) is 2.86. The third-order valence-corrected chi connectivity index (χ3v) is 2.56. The molecule has 1 atom stereocenters. The first-order chi connectivity index (χ1) is 6.65. The summed E-state index contributed by atoms with van der Waals surface area (Å²) in [7, 11) is 0. The number of nitrogens with one attached hydrogen (secondary N) is 1. The first kappa shape index (κ1) is 9.27. The van der Waals surface area contributed by atoms with Gasteiger partial charge in [0.15, 0.2) is 5.88 Å². The molecule has 1 aromatic rings. The molecule has 2 rings (SSSR count). The molecule has 0 radical (unpaired) electrons. The van der Waals surface area contributed by atoms with Crippen LogP contribution in [0.15, 0.2) is 16.9 Å². The van der Waals surface area contributed by atoms with Gasteiger partial charge in [-0.05, 0) is 17.9 Å². The fourth-order valence-corrected chi connectivity index (χ4v) is 1.61. The Labute approximate surface area is 81.8 Å². The smallest absolute Gasteiger partial charge is 0.250 e. The Balaban J connectivity index is 2.16. The molecule has 4 nitrogen and oxygen atoms in total. The summed E-state index contributed by atoms with van der Waals surface area (Å²) < 4.78 is 0. The molecular weight excluding hydrogens is 180 g/mol. The minimum absolute atomic E-state index is 0.112. The first-order valence-electron chi connectivity index (χ1n) is 4.84. The fourth-order valence-electron chi connectivity index (χ4n) is 1.61. The van der Waals surface area contributed by atoms with Gasteiger partial charge in [-0.3, -0.25) is 9.78 Å². The largest absolute Gasteiger partial charge is 0.495 e. The van der Waals surface area contributed by atoms with E-state index >= 15 is 0 Å². The van der Waals surface area contributed by atoms with Gasteiger partial charge in [-0.2, -0.15) is 0 Å². The second kappa shape index (κ2) is 3.46. The van der Waals surface area contributed by atoms with Crippen molar-refractivity contribution in [3.63, 3.8) is 0 Å². The van der Waals surface area contributed by atoms with Crippen molar-refractivity contribution in [2.75, 3.05) is 0 Å². The lowest BCUT2D eigenvalue weighted by Gasteiger charge is -2.10.